The fourth-order valence-corrected chi connectivity index (χ4v) is 3.22. The van der Waals surface area contributed by atoms with Gasteiger partial charge in [-0.25, -0.2) is 0 Å². The summed E-state index contributed by atoms with van der Waals surface area (Å²) >= 11 is 0. The van der Waals surface area contributed by atoms with Crippen molar-refractivity contribution in [2.75, 3.05) is 23.4 Å². The van der Waals surface area contributed by atoms with Gasteiger partial charge in [0.15, 0.2) is 0 Å². The number of hydrogen-bond donors (Lipinski definition) is 1. The molecule has 3 aromatic carbocycles. The van der Waals surface area contributed by atoms with Crippen molar-refractivity contribution in [2.24, 2.45) is 0 Å². The molecule has 0 radical (unpaired) electrons. The van der Waals surface area contributed by atoms with E-state index in [1.54, 1.807) is 42.5 Å². The first kappa shape index (κ1) is 20.0. The molecule has 0 saturated carbocycles. The fourth-order valence-electron chi connectivity index (χ4n) is 3.22. The first-order valence-electron chi connectivity index (χ1n) is 9.72. The van der Waals surface area contributed by atoms with Crippen LogP contribution in [-0.2, 0) is 9.59 Å². The van der Waals surface area contributed by atoms with Gasteiger partial charge in [0.2, 0.25) is 11.8 Å². The zero-order valence-electron chi connectivity index (χ0n) is 16.6. The molecule has 0 spiro atoms. The smallest absolute Gasteiger partial charge is 0.236 e. The third-order valence-electron chi connectivity index (χ3n) is 4.68. The number of carbonyl (C=O) groups is 2. The molecule has 2 amide bonds. The number of hydrogen-bond acceptors (Lipinski definition) is 5. The molecule has 0 aromatic heterocycles. The molecule has 0 atom stereocenters. The predicted molar refractivity (Wildman–Crippen MR) is 115 cm³/mol. The van der Waals surface area contributed by atoms with E-state index in [1.165, 1.54) is 4.90 Å². The number of nitrogens with zero attached hydrogens (tertiary/aromatic N) is 2. The van der Waals surface area contributed by atoms with Crippen molar-refractivity contribution >= 4 is 23.2 Å². The van der Waals surface area contributed by atoms with E-state index in [4.69, 9.17) is 14.7 Å². The Hall–Kier alpha value is -4.31. The number of para-hydroxylation sites is 1. The van der Waals surface area contributed by atoms with Crippen molar-refractivity contribution in [1.82, 2.24) is 0 Å². The van der Waals surface area contributed by atoms with E-state index in [9.17, 15) is 9.59 Å². The second-order valence-corrected chi connectivity index (χ2v) is 6.85. The summed E-state index contributed by atoms with van der Waals surface area (Å²) in [4.78, 5) is 26.6. The highest BCUT2D eigenvalue weighted by atomic mass is 16.5. The summed E-state index contributed by atoms with van der Waals surface area (Å²) in [7, 11) is 0. The Balaban J connectivity index is 1.36. The summed E-state index contributed by atoms with van der Waals surface area (Å²) in [5.74, 6) is 1.08. The maximum Gasteiger partial charge on any atom is 0.236 e. The highest BCUT2D eigenvalue weighted by molar-refractivity contribution is 6.09. The van der Waals surface area contributed by atoms with Crippen LogP contribution in [0.25, 0.3) is 0 Å². The maximum absolute atomic E-state index is 12.7. The van der Waals surface area contributed by atoms with Crippen LogP contribution in [0.15, 0.2) is 72.8 Å². The van der Waals surface area contributed by atoms with E-state index < -0.39 is 5.91 Å². The summed E-state index contributed by atoms with van der Waals surface area (Å²) in [6, 6.07) is 23.2. The topological polar surface area (TPSA) is 91.7 Å². The minimum Gasteiger partial charge on any atom is -0.489 e. The maximum atomic E-state index is 12.7. The summed E-state index contributed by atoms with van der Waals surface area (Å²) in [5, 5.41) is 11.7. The number of ether oxygens (including phenoxy) is 2. The molecule has 0 unspecified atom stereocenters. The Morgan fingerprint density at radius 1 is 1.03 bits per heavy atom. The average Bonchev–Trinajstić information content (AvgIpc) is 2.80. The molecule has 1 aliphatic rings. The van der Waals surface area contributed by atoms with Gasteiger partial charge < -0.3 is 19.7 Å². The molecule has 7 nitrogen and oxygen atoms in total. The molecule has 0 fully saturated rings. The second-order valence-electron chi connectivity index (χ2n) is 6.85. The lowest BCUT2D eigenvalue weighted by Crippen LogP contribution is -2.39. The molecule has 31 heavy (non-hydrogen) atoms. The molecule has 1 aliphatic heterocycles. The number of nitrogens with one attached hydrogen (secondary N) is 1. The minimum atomic E-state index is -0.414. The number of fused-ring (bicyclic) bond motifs is 1. The first-order chi connectivity index (χ1) is 15.1. The van der Waals surface area contributed by atoms with Crippen LogP contribution in [0.4, 0.5) is 11.4 Å². The first-order valence-corrected chi connectivity index (χ1v) is 9.72. The van der Waals surface area contributed by atoms with Gasteiger partial charge in [-0.3, -0.25) is 9.59 Å². The zero-order valence-corrected chi connectivity index (χ0v) is 16.6. The standard InChI is InChI=1S/C24H19N3O4/c25-16-17-6-11-21-22(14-17)30-13-12-27(21)24(29)15-23(28)26-18-7-9-20(10-8-18)31-19-4-2-1-3-5-19/h1-11,14H,12-13,15H2,(H,26,28). The lowest BCUT2D eigenvalue weighted by molar-refractivity contribution is -0.125. The van der Waals surface area contributed by atoms with Crippen LogP contribution in [0.3, 0.4) is 0 Å². The van der Waals surface area contributed by atoms with E-state index in [0.29, 0.717) is 41.6 Å². The Labute approximate surface area is 179 Å². The molecule has 7 heteroatoms. The number of rotatable bonds is 5. The molecule has 1 N–H and O–H groups in total. The molecule has 154 valence electrons. The van der Waals surface area contributed by atoms with Crippen molar-refractivity contribution in [3.63, 3.8) is 0 Å². The Morgan fingerprint density at radius 2 is 1.77 bits per heavy atom. The van der Waals surface area contributed by atoms with Crippen LogP contribution < -0.4 is 19.7 Å². The van der Waals surface area contributed by atoms with E-state index in [-0.39, 0.29) is 12.3 Å². The van der Waals surface area contributed by atoms with Crippen molar-refractivity contribution in [1.29, 1.82) is 5.26 Å². The summed E-state index contributed by atoms with van der Waals surface area (Å²) in [5.41, 5.74) is 1.58. The summed E-state index contributed by atoms with van der Waals surface area (Å²) in [6.45, 7) is 0.647. The SMILES string of the molecule is N#Cc1ccc2c(c1)OCCN2C(=O)CC(=O)Nc1ccc(Oc2ccccc2)cc1. The van der Waals surface area contributed by atoms with E-state index in [2.05, 4.69) is 5.32 Å². The molecular formula is C24H19N3O4. The molecule has 0 aliphatic carbocycles. The van der Waals surface area contributed by atoms with E-state index >= 15 is 0 Å². The molecule has 0 bridgehead atoms. The van der Waals surface area contributed by atoms with Crippen LogP contribution in [0, 0.1) is 11.3 Å². The third-order valence-corrected chi connectivity index (χ3v) is 4.68. The monoisotopic (exact) mass is 413 g/mol. The largest absolute Gasteiger partial charge is 0.489 e. The summed E-state index contributed by atoms with van der Waals surface area (Å²) < 4.78 is 11.3. The highest BCUT2D eigenvalue weighted by Crippen LogP contribution is 2.32. The molecular weight excluding hydrogens is 394 g/mol. The van der Waals surface area contributed by atoms with Gasteiger partial charge in [0.05, 0.1) is 23.9 Å². The number of anilines is 2. The van der Waals surface area contributed by atoms with Gasteiger partial charge in [-0.1, -0.05) is 18.2 Å². The van der Waals surface area contributed by atoms with Crippen LogP contribution in [0.2, 0.25) is 0 Å². The van der Waals surface area contributed by atoms with Gasteiger partial charge in [0.25, 0.3) is 0 Å². The molecule has 4 rings (SSSR count). The molecule has 0 saturated heterocycles. The van der Waals surface area contributed by atoms with E-state index in [0.717, 1.165) is 5.75 Å². The minimum absolute atomic E-state index is 0.304. The number of nitriles is 1. The van der Waals surface area contributed by atoms with Crippen molar-refractivity contribution in [2.45, 2.75) is 6.42 Å². The van der Waals surface area contributed by atoms with Gasteiger partial charge in [0.1, 0.15) is 30.3 Å². The lowest BCUT2D eigenvalue weighted by atomic mass is 10.1. The van der Waals surface area contributed by atoms with Crippen molar-refractivity contribution in [3.8, 4) is 23.3 Å². The van der Waals surface area contributed by atoms with Crippen LogP contribution in [-0.4, -0.2) is 25.0 Å². The second kappa shape index (κ2) is 9.01. The van der Waals surface area contributed by atoms with Crippen molar-refractivity contribution < 1.29 is 19.1 Å². The third kappa shape index (κ3) is 4.82. The fraction of sp³-hybridized carbons (Fsp3) is 0.125. The van der Waals surface area contributed by atoms with Gasteiger partial charge in [-0.05, 0) is 48.5 Å². The summed E-state index contributed by atoms with van der Waals surface area (Å²) in [6.07, 6.45) is -0.304. The molecule has 3 aromatic rings. The number of benzene rings is 3. The highest BCUT2D eigenvalue weighted by Gasteiger charge is 2.25. The Bertz CT molecular complexity index is 1140. The number of carbonyl (C=O) groups excluding carboxylic acids is 2. The van der Waals surface area contributed by atoms with Crippen LogP contribution >= 0.6 is 0 Å². The predicted octanol–water partition coefficient (Wildman–Crippen LogP) is 4.10. The quantitative estimate of drug-likeness (QED) is 0.636. The van der Waals surface area contributed by atoms with Crippen LogP contribution in [0.1, 0.15) is 12.0 Å². The normalized spacial score (nSPS) is 12.2. The van der Waals surface area contributed by atoms with Gasteiger partial charge in [0, 0.05) is 11.8 Å². The lowest BCUT2D eigenvalue weighted by Gasteiger charge is -2.29. The van der Waals surface area contributed by atoms with Gasteiger partial charge in [-0.15, -0.1) is 0 Å². The zero-order chi connectivity index (χ0) is 21.6. The Morgan fingerprint density at radius 3 is 2.52 bits per heavy atom. The van der Waals surface area contributed by atoms with Crippen LogP contribution in [0.5, 0.6) is 17.2 Å². The van der Waals surface area contributed by atoms with E-state index in [1.807, 2.05) is 36.4 Å². The Kier molecular flexibility index (Phi) is 5.81. The molecule has 1 heterocycles. The van der Waals surface area contributed by atoms with Crippen molar-refractivity contribution in [3.05, 3.63) is 78.4 Å². The average molecular weight is 413 g/mol. The number of amides is 2. The van der Waals surface area contributed by atoms with Gasteiger partial charge in [-0.2, -0.15) is 5.26 Å². The van der Waals surface area contributed by atoms with Gasteiger partial charge >= 0.3 is 0 Å².